The number of pyridine rings is 1. The van der Waals surface area contributed by atoms with Crippen molar-refractivity contribution in [2.75, 3.05) is 14.2 Å². The number of carboxylic acids is 1. The maximum absolute atomic E-state index is 14.4. The second kappa shape index (κ2) is 9.25. The monoisotopic (exact) mass is 468 g/mol. The minimum atomic E-state index is -1.41. The Balaban J connectivity index is 1.95. The van der Waals surface area contributed by atoms with E-state index in [4.69, 9.17) is 14.2 Å². The third-order valence-corrected chi connectivity index (χ3v) is 5.85. The molecule has 0 unspecified atom stereocenters. The van der Waals surface area contributed by atoms with Gasteiger partial charge in [-0.2, -0.15) is 0 Å². The number of carboxylic acid groups (broad SMARTS) is 1. The molecule has 33 heavy (non-hydrogen) atoms. The molecule has 4 aromatic rings. The van der Waals surface area contributed by atoms with Gasteiger partial charge in [-0.25, -0.2) is 8.78 Å². The Morgan fingerprint density at radius 3 is 2.33 bits per heavy atom. The van der Waals surface area contributed by atoms with Crippen molar-refractivity contribution in [2.24, 2.45) is 0 Å². The molecule has 0 radical (unpaired) electrons. The van der Waals surface area contributed by atoms with Crippen LogP contribution in [-0.2, 0) is 4.79 Å². The lowest BCUT2D eigenvalue weighted by Crippen LogP contribution is -2.23. The third-order valence-electron chi connectivity index (χ3n) is 4.77. The molecule has 0 bridgehead atoms. The average Bonchev–Trinajstić information content (AvgIpc) is 3.14. The Morgan fingerprint density at radius 1 is 1.00 bits per heavy atom. The van der Waals surface area contributed by atoms with Gasteiger partial charge in [0.15, 0.2) is 28.8 Å². The van der Waals surface area contributed by atoms with Gasteiger partial charge >= 0.3 is 0 Å². The van der Waals surface area contributed by atoms with E-state index in [2.05, 4.69) is 4.98 Å². The first-order chi connectivity index (χ1) is 15.9. The van der Waals surface area contributed by atoms with Crippen LogP contribution >= 0.6 is 11.3 Å². The molecule has 0 aliphatic heterocycles. The topological polar surface area (TPSA) is 80.7 Å². The summed E-state index contributed by atoms with van der Waals surface area (Å²) in [5.74, 6) is -2.26. The van der Waals surface area contributed by atoms with Crippen LogP contribution in [0, 0.1) is 11.6 Å². The van der Waals surface area contributed by atoms with Crippen molar-refractivity contribution in [3.63, 3.8) is 0 Å². The number of hydrogen-bond acceptors (Lipinski definition) is 7. The first-order valence-corrected chi connectivity index (χ1v) is 10.4. The van der Waals surface area contributed by atoms with Gasteiger partial charge in [0.05, 0.1) is 25.1 Å². The quantitative estimate of drug-likeness (QED) is 0.367. The second-order valence-corrected chi connectivity index (χ2v) is 7.84. The van der Waals surface area contributed by atoms with E-state index in [9.17, 15) is 18.7 Å². The molecular formula is C24H16F2NO5S-. The number of fused-ring (bicyclic) bond motifs is 1. The molecule has 4 rings (SSSR count). The fraction of sp³-hybridized carbons (Fsp3) is 0.0833. The highest BCUT2D eigenvalue weighted by molar-refractivity contribution is 7.20. The molecule has 0 aliphatic carbocycles. The van der Waals surface area contributed by atoms with E-state index in [1.54, 1.807) is 12.1 Å². The number of carbonyl (C=O) groups excluding carboxylic acids is 1. The Labute approximate surface area is 191 Å². The van der Waals surface area contributed by atoms with Gasteiger partial charge in [0.2, 0.25) is 0 Å². The van der Waals surface area contributed by atoms with Crippen LogP contribution in [0.2, 0.25) is 0 Å². The van der Waals surface area contributed by atoms with Crippen molar-refractivity contribution in [1.82, 2.24) is 4.98 Å². The number of aromatic nitrogens is 1. The van der Waals surface area contributed by atoms with Gasteiger partial charge in [0.1, 0.15) is 5.82 Å². The molecule has 0 spiro atoms. The van der Waals surface area contributed by atoms with Gasteiger partial charge in [-0.1, -0.05) is 0 Å². The molecule has 9 heteroatoms. The number of ether oxygens (including phenoxy) is 3. The first kappa shape index (κ1) is 22.2. The number of hydrogen-bond donors (Lipinski definition) is 0. The highest BCUT2D eigenvalue weighted by Crippen LogP contribution is 2.46. The summed E-state index contributed by atoms with van der Waals surface area (Å²) in [6.45, 7) is 0. The summed E-state index contributed by atoms with van der Waals surface area (Å²) in [5, 5.41) is 12.4. The summed E-state index contributed by atoms with van der Waals surface area (Å²) in [6.07, 6.45) is 4.29. The zero-order valence-electron chi connectivity index (χ0n) is 17.4. The number of aliphatic carboxylic acids is 1. The maximum atomic E-state index is 14.4. The van der Waals surface area contributed by atoms with Crippen molar-refractivity contribution in [3.8, 4) is 23.0 Å². The lowest BCUT2D eigenvalue weighted by molar-refractivity contribution is -0.295. The summed E-state index contributed by atoms with van der Waals surface area (Å²) in [5.41, 5.74) is 0.254. The van der Waals surface area contributed by atoms with Crippen LogP contribution in [0.25, 0.3) is 21.7 Å². The number of benzene rings is 2. The average molecular weight is 468 g/mol. The van der Waals surface area contributed by atoms with Crippen molar-refractivity contribution in [1.29, 1.82) is 0 Å². The van der Waals surface area contributed by atoms with Crippen molar-refractivity contribution < 1.29 is 32.9 Å². The standard InChI is InChI=1S/C24H17F2NO5S/c1-30-19-10-16-21(12-20(19)31-2)33-22(11-15(24(28)29)13-5-7-27-8-6-13)23(16)32-18-4-3-14(25)9-17(18)26/h3-12H,1-2H3,(H,28,29)/p-1/b15-11+. The van der Waals surface area contributed by atoms with E-state index in [0.29, 0.717) is 38.1 Å². The number of halogens is 2. The van der Waals surface area contributed by atoms with Crippen molar-refractivity contribution in [2.45, 2.75) is 0 Å². The summed E-state index contributed by atoms with van der Waals surface area (Å²) in [6, 6.07) is 9.33. The van der Waals surface area contributed by atoms with Crippen LogP contribution < -0.4 is 19.3 Å². The van der Waals surface area contributed by atoms with Crippen LogP contribution in [0.5, 0.6) is 23.0 Å². The molecule has 0 N–H and O–H groups in total. The predicted octanol–water partition coefficient (Wildman–Crippen LogP) is 4.67. The number of nitrogens with zero attached hydrogens (tertiary/aromatic N) is 1. The Kier molecular flexibility index (Phi) is 6.23. The molecule has 168 valence electrons. The van der Waals surface area contributed by atoms with E-state index < -0.39 is 17.6 Å². The predicted molar refractivity (Wildman–Crippen MR) is 118 cm³/mol. The van der Waals surface area contributed by atoms with Crippen LogP contribution in [0.4, 0.5) is 8.78 Å². The summed E-state index contributed by atoms with van der Waals surface area (Å²) in [7, 11) is 2.95. The minimum absolute atomic E-state index is 0.118. The molecular weight excluding hydrogens is 452 g/mol. The van der Waals surface area contributed by atoms with E-state index in [1.807, 2.05) is 0 Å². The van der Waals surface area contributed by atoms with Gasteiger partial charge < -0.3 is 24.1 Å². The highest BCUT2D eigenvalue weighted by atomic mass is 32.1. The van der Waals surface area contributed by atoms with E-state index in [0.717, 1.165) is 12.1 Å². The smallest absolute Gasteiger partial charge is 0.168 e. The second-order valence-electron chi connectivity index (χ2n) is 6.76. The van der Waals surface area contributed by atoms with Gasteiger partial charge in [-0.3, -0.25) is 4.98 Å². The largest absolute Gasteiger partial charge is 0.545 e. The first-order valence-electron chi connectivity index (χ1n) is 9.56. The molecule has 0 fully saturated rings. The van der Waals surface area contributed by atoms with Crippen LogP contribution in [0.15, 0.2) is 54.9 Å². The fourth-order valence-corrected chi connectivity index (χ4v) is 4.30. The van der Waals surface area contributed by atoms with E-state index in [1.165, 1.54) is 56.2 Å². The summed E-state index contributed by atoms with van der Waals surface area (Å²) < 4.78 is 45.0. The highest BCUT2D eigenvalue weighted by Gasteiger charge is 2.19. The van der Waals surface area contributed by atoms with Gasteiger partial charge in [0.25, 0.3) is 0 Å². The van der Waals surface area contributed by atoms with Crippen LogP contribution in [0.1, 0.15) is 10.4 Å². The SMILES string of the molecule is COc1cc2sc(/C=C(/C(=O)[O-])c3ccncc3)c(Oc3ccc(F)cc3F)c2cc1OC. The zero-order chi connectivity index (χ0) is 23.5. The normalized spacial score (nSPS) is 11.5. The minimum Gasteiger partial charge on any atom is -0.545 e. The van der Waals surface area contributed by atoms with Gasteiger partial charge in [-0.05, 0) is 42.0 Å². The number of carbonyl (C=O) groups is 1. The maximum Gasteiger partial charge on any atom is 0.168 e. The van der Waals surface area contributed by atoms with Gasteiger partial charge in [0, 0.05) is 40.2 Å². The third kappa shape index (κ3) is 4.49. The lowest BCUT2D eigenvalue weighted by atomic mass is 10.1. The Morgan fingerprint density at radius 2 is 1.70 bits per heavy atom. The summed E-state index contributed by atoms with van der Waals surface area (Å²) in [4.78, 5) is 16.2. The van der Waals surface area contributed by atoms with Crippen molar-refractivity contribution in [3.05, 3.63) is 76.9 Å². The van der Waals surface area contributed by atoms with Crippen LogP contribution in [-0.4, -0.2) is 25.2 Å². The van der Waals surface area contributed by atoms with Crippen LogP contribution in [0.3, 0.4) is 0 Å². The Hall–Kier alpha value is -3.98. The van der Waals surface area contributed by atoms with E-state index >= 15 is 0 Å². The molecule has 2 aromatic carbocycles. The molecule has 2 heterocycles. The lowest BCUT2D eigenvalue weighted by Gasteiger charge is -2.11. The number of rotatable bonds is 7. The summed E-state index contributed by atoms with van der Waals surface area (Å²) >= 11 is 1.20. The van der Waals surface area contributed by atoms with E-state index in [-0.39, 0.29) is 17.1 Å². The molecule has 0 aliphatic rings. The number of methoxy groups -OCH3 is 2. The van der Waals surface area contributed by atoms with Gasteiger partial charge in [-0.15, -0.1) is 11.3 Å². The molecule has 0 saturated carbocycles. The molecule has 2 aromatic heterocycles. The Bertz CT molecular complexity index is 1370. The van der Waals surface area contributed by atoms with Crippen molar-refractivity contribution >= 4 is 39.0 Å². The molecule has 6 nitrogen and oxygen atoms in total. The number of thiophene rings is 1. The molecule has 0 amide bonds. The molecule has 0 atom stereocenters. The zero-order valence-corrected chi connectivity index (χ0v) is 18.2. The fourth-order valence-electron chi connectivity index (χ4n) is 3.21. The molecule has 0 saturated heterocycles.